The minimum atomic E-state index is -0.140. The number of benzene rings is 2. The normalized spacial score (nSPS) is 15.0. The number of amides is 1. The first kappa shape index (κ1) is 20.4. The van der Waals surface area contributed by atoms with E-state index in [2.05, 4.69) is 37.4 Å². The van der Waals surface area contributed by atoms with Gasteiger partial charge in [0, 0.05) is 0 Å². The van der Waals surface area contributed by atoms with Crippen LogP contribution in [0.5, 0.6) is 11.5 Å². The van der Waals surface area contributed by atoms with E-state index >= 15 is 0 Å². The first-order valence-electron chi connectivity index (χ1n) is 9.18. The summed E-state index contributed by atoms with van der Waals surface area (Å²) in [6.07, 6.45) is 3.68. The second kappa shape index (κ2) is 9.75. The fourth-order valence-corrected chi connectivity index (χ4v) is 3.88. The van der Waals surface area contributed by atoms with Gasteiger partial charge in [-0.25, -0.2) is 0 Å². The molecular formula is C22H23NO3S2. The molecule has 1 aliphatic heterocycles. The fraction of sp³-hybridized carbons (Fsp3) is 0.273. The molecule has 1 N–H and O–H groups in total. The van der Waals surface area contributed by atoms with Crippen molar-refractivity contribution in [1.29, 1.82) is 0 Å². The SMILES string of the molecule is Cc1cc(C)cc(OCCCCOc2ccc(/C=C3\SC(=S)NC3=O)cc2)c1. The molecule has 1 amide bonds. The molecule has 0 radical (unpaired) electrons. The largest absolute Gasteiger partial charge is 0.494 e. The minimum Gasteiger partial charge on any atom is -0.494 e. The van der Waals surface area contributed by atoms with Crippen molar-refractivity contribution in [2.75, 3.05) is 13.2 Å². The van der Waals surface area contributed by atoms with E-state index in [-0.39, 0.29) is 5.91 Å². The lowest BCUT2D eigenvalue weighted by molar-refractivity contribution is -0.115. The summed E-state index contributed by atoms with van der Waals surface area (Å²) in [4.78, 5) is 12.3. The molecule has 0 aliphatic carbocycles. The number of rotatable bonds is 8. The Morgan fingerprint density at radius 1 is 0.964 bits per heavy atom. The number of carbonyl (C=O) groups is 1. The number of hydrogen-bond acceptors (Lipinski definition) is 5. The minimum absolute atomic E-state index is 0.140. The summed E-state index contributed by atoms with van der Waals surface area (Å²) >= 11 is 6.27. The van der Waals surface area contributed by atoms with E-state index < -0.39 is 0 Å². The van der Waals surface area contributed by atoms with Crippen LogP contribution in [0, 0.1) is 13.8 Å². The smallest absolute Gasteiger partial charge is 0.263 e. The van der Waals surface area contributed by atoms with Crippen molar-refractivity contribution in [2.24, 2.45) is 0 Å². The van der Waals surface area contributed by atoms with Gasteiger partial charge >= 0.3 is 0 Å². The monoisotopic (exact) mass is 413 g/mol. The van der Waals surface area contributed by atoms with Gasteiger partial charge in [-0.3, -0.25) is 4.79 Å². The van der Waals surface area contributed by atoms with E-state index in [4.69, 9.17) is 21.7 Å². The topological polar surface area (TPSA) is 47.6 Å². The lowest BCUT2D eigenvalue weighted by atomic mass is 10.1. The van der Waals surface area contributed by atoms with Gasteiger partial charge in [0.15, 0.2) is 0 Å². The number of hydrogen-bond donors (Lipinski definition) is 1. The third-order valence-electron chi connectivity index (χ3n) is 4.09. The van der Waals surface area contributed by atoms with E-state index in [1.165, 1.54) is 22.9 Å². The van der Waals surface area contributed by atoms with Crippen LogP contribution in [0.3, 0.4) is 0 Å². The second-order valence-corrected chi connectivity index (χ2v) is 8.37. The summed E-state index contributed by atoms with van der Waals surface area (Å²) in [5, 5.41) is 2.61. The van der Waals surface area contributed by atoms with Crippen LogP contribution >= 0.6 is 24.0 Å². The van der Waals surface area contributed by atoms with E-state index in [0.717, 1.165) is 29.9 Å². The number of nitrogens with one attached hydrogen (secondary N) is 1. The summed E-state index contributed by atoms with van der Waals surface area (Å²) in [6.45, 7) is 5.47. The number of unbranched alkanes of at least 4 members (excludes halogenated alkanes) is 1. The van der Waals surface area contributed by atoms with Crippen molar-refractivity contribution in [3.63, 3.8) is 0 Å². The first-order valence-corrected chi connectivity index (χ1v) is 10.4. The van der Waals surface area contributed by atoms with Crippen LogP contribution in [-0.2, 0) is 4.79 Å². The molecule has 6 heteroatoms. The van der Waals surface area contributed by atoms with Crippen molar-refractivity contribution in [3.8, 4) is 11.5 Å². The van der Waals surface area contributed by atoms with Crippen LogP contribution in [0.25, 0.3) is 6.08 Å². The van der Waals surface area contributed by atoms with Gasteiger partial charge in [-0.05, 0) is 73.7 Å². The molecule has 3 rings (SSSR count). The van der Waals surface area contributed by atoms with Gasteiger partial charge in [-0.15, -0.1) is 0 Å². The van der Waals surface area contributed by atoms with Gasteiger partial charge in [-0.1, -0.05) is 42.2 Å². The second-order valence-electron chi connectivity index (χ2n) is 6.65. The number of ether oxygens (including phenoxy) is 2. The highest BCUT2D eigenvalue weighted by Gasteiger charge is 2.21. The van der Waals surface area contributed by atoms with Crippen LogP contribution < -0.4 is 14.8 Å². The Balaban J connectivity index is 1.38. The average Bonchev–Trinajstić information content (AvgIpc) is 2.95. The molecule has 1 fully saturated rings. The van der Waals surface area contributed by atoms with Gasteiger partial charge in [0.1, 0.15) is 15.8 Å². The van der Waals surface area contributed by atoms with Crippen LogP contribution in [-0.4, -0.2) is 23.4 Å². The lowest BCUT2D eigenvalue weighted by Gasteiger charge is -2.09. The molecule has 146 valence electrons. The highest BCUT2D eigenvalue weighted by molar-refractivity contribution is 8.26. The van der Waals surface area contributed by atoms with Crippen molar-refractivity contribution in [3.05, 3.63) is 64.1 Å². The zero-order valence-electron chi connectivity index (χ0n) is 16.0. The van der Waals surface area contributed by atoms with E-state index in [1.54, 1.807) is 0 Å². The molecule has 4 nitrogen and oxygen atoms in total. The summed E-state index contributed by atoms with van der Waals surface area (Å²) in [5.41, 5.74) is 3.37. The number of thioether (sulfide) groups is 1. The van der Waals surface area contributed by atoms with E-state index in [0.29, 0.717) is 22.4 Å². The summed E-state index contributed by atoms with van der Waals surface area (Å²) < 4.78 is 12.1. The molecule has 1 heterocycles. The number of aryl methyl sites for hydroxylation is 2. The zero-order chi connectivity index (χ0) is 19.9. The Morgan fingerprint density at radius 2 is 1.57 bits per heavy atom. The van der Waals surface area contributed by atoms with E-state index in [9.17, 15) is 4.79 Å². The molecule has 0 bridgehead atoms. The maximum Gasteiger partial charge on any atom is 0.263 e. The molecule has 0 saturated carbocycles. The maximum atomic E-state index is 11.7. The van der Waals surface area contributed by atoms with Crippen molar-refractivity contribution >= 4 is 40.3 Å². The molecule has 1 saturated heterocycles. The van der Waals surface area contributed by atoms with Crippen molar-refractivity contribution < 1.29 is 14.3 Å². The predicted molar refractivity (Wildman–Crippen MR) is 119 cm³/mol. The lowest BCUT2D eigenvalue weighted by Crippen LogP contribution is -2.17. The molecule has 0 atom stereocenters. The number of thiocarbonyl (C=S) groups is 1. The molecule has 2 aromatic carbocycles. The molecule has 1 aliphatic rings. The fourth-order valence-electron chi connectivity index (χ4n) is 2.83. The first-order chi connectivity index (χ1) is 13.5. The van der Waals surface area contributed by atoms with Crippen LogP contribution in [0.15, 0.2) is 47.4 Å². The third-order valence-corrected chi connectivity index (χ3v) is 5.25. The Morgan fingerprint density at radius 3 is 2.14 bits per heavy atom. The predicted octanol–water partition coefficient (Wildman–Crippen LogP) is 5.03. The Bertz CT molecular complexity index is 871. The molecule has 2 aromatic rings. The molecule has 0 spiro atoms. The third kappa shape index (κ3) is 6.11. The maximum absolute atomic E-state index is 11.7. The molecule has 0 aromatic heterocycles. The summed E-state index contributed by atoms with van der Waals surface area (Å²) in [5.74, 6) is 1.60. The molecule has 0 unspecified atom stereocenters. The van der Waals surface area contributed by atoms with Gasteiger partial charge in [0.05, 0.1) is 18.1 Å². The number of carbonyl (C=O) groups excluding carboxylic acids is 1. The van der Waals surface area contributed by atoms with Crippen LogP contribution in [0.4, 0.5) is 0 Å². The summed E-state index contributed by atoms with van der Waals surface area (Å²) in [7, 11) is 0. The van der Waals surface area contributed by atoms with Gasteiger partial charge in [0.2, 0.25) is 0 Å². The van der Waals surface area contributed by atoms with Crippen LogP contribution in [0.2, 0.25) is 0 Å². The standard InChI is InChI=1S/C22H23NO3S2/c1-15-11-16(2)13-19(12-15)26-10-4-3-9-25-18-7-5-17(6-8-18)14-20-21(24)23-22(27)28-20/h5-8,11-14H,3-4,9-10H2,1-2H3,(H,23,24,27)/b20-14-. The molecular weight excluding hydrogens is 390 g/mol. The van der Waals surface area contributed by atoms with Crippen LogP contribution in [0.1, 0.15) is 29.5 Å². The van der Waals surface area contributed by atoms with Gasteiger partial charge in [0.25, 0.3) is 5.91 Å². The quantitative estimate of drug-likeness (QED) is 0.374. The van der Waals surface area contributed by atoms with Gasteiger partial charge in [-0.2, -0.15) is 0 Å². The Hall–Kier alpha value is -2.31. The Labute approximate surface area is 175 Å². The van der Waals surface area contributed by atoms with Crippen molar-refractivity contribution in [1.82, 2.24) is 5.32 Å². The summed E-state index contributed by atoms with van der Waals surface area (Å²) in [6, 6.07) is 13.9. The zero-order valence-corrected chi connectivity index (χ0v) is 17.6. The highest BCUT2D eigenvalue weighted by Crippen LogP contribution is 2.26. The van der Waals surface area contributed by atoms with E-state index in [1.807, 2.05) is 30.3 Å². The Kier molecular flexibility index (Phi) is 7.12. The highest BCUT2D eigenvalue weighted by atomic mass is 32.2. The average molecular weight is 414 g/mol. The van der Waals surface area contributed by atoms with Gasteiger partial charge < -0.3 is 14.8 Å². The van der Waals surface area contributed by atoms with Crippen molar-refractivity contribution in [2.45, 2.75) is 26.7 Å². The molecule has 28 heavy (non-hydrogen) atoms.